The Morgan fingerprint density at radius 3 is 2.18 bits per heavy atom. The highest BCUT2D eigenvalue weighted by Gasteiger charge is 2.30. The van der Waals surface area contributed by atoms with Crippen molar-refractivity contribution in [2.45, 2.75) is 129 Å². The molecule has 0 bridgehead atoms. The van der Waals surface area contributed by atoms with E-state index in [1.807, 2.05) is 24.3 Å². The van der Waals surface area contributed by atoms with E-state index in [-0.39, 0.29) is 45.2 Å². The maximum absolute atomic E-state index is 13.9. The van der Waals surface area contributed by atoms with Crippen molar-refractivity contribution in [3.05, 3.63) is 59.7 Å². The molecule has 306 valence electrons. The van der Waals surface area contributed by atoms with Crippen LogP contribution in [0.5, 0.6) is 0 Å². The molecule has 7 N–H and O–H groups in total. The van der Waals surface area contributed by atoms with Crippen molar-refractivity contribution in [1.29, 1.82) is 0 Å². The number of carbonyl (C=O) groups is 7. The van der Waals surface area contributed by atoms with E-state index in [9.17, 15) is 38.7 Å². The lowest BCUT2D eigenvalue weighted by Crippen LogP contribution is -2.57. The van der Waals surface area contributed by atoms with Crippen molar-refractivity contribution < 1.29 is 43.4 Å². The van der Waals surface area contributed by atoms with Crippen LogP contribution in [0.4, 0.5) is 4.79 Å². The minimum absolute atomic E-state index is 0.0714. The van der Waals surface area contributed by atoms with Crippen molar-refractivity contribution in [1.82, 2.24) is 31.9 Å². The van der Waals surface area contributed by atoms with Gasteiger partial charge in [-0.25, -0.2) is 9.59 Å². The van der Waals surface area contributed by atoms with E-state index < -0.39 is 71.4 Å². The lowest BCUT2D eigenvalue weighted by atomic mass is 10.0. The molecule has 2 aromatic carbocycles. The molecule has 6 amide bonds. The summed E-state index contributed by atoms with van der Waals surface area (Å²) in [5.74, 6) is -4.36. The third kappa shape index (κ3) is 15.7. The molecule has 3 rings (SSSR count). The second-order valence-corrected chi connectivity index (χ2v) is 15.1. The number of rotatable bonds is 14. The molecule has 1 aliphatic heterocycles. The Hall–Kier alpha value is -5.47. The van der Waals surface area contributed by atoms with E-state index in [0.29, 0.717) is 18.4 Å². The van der Waals surface area contributed by atoms with Gasteiger partial charge < -0.3 is 41.7 Å². The predicted molar refractivity (Wildman–Crippen MR) is 210 cm³/mol. The highest BCUT2D eigenvalue weighted by atomic mass is 16.6. The van der Waals surface area contributed by atoms with Crippen LogP contribution in [-0.2, 0) is 35.1 Å². The van der Waals surface area contributed by atoms with E-state index in [2.05, 4.69) is 51.0 Å². The van der Waals surface area contributed by atoms with Gasteiger partial charge in [0.25, 0.3) is 5.91 Å². The van der Waals surface area contributed by atoms with Gasteiger partial charge in [-0.1, -0.05) is 49.7 Å². The number of amides is 6. The Morgan fingerprint density at radius 2 is 1.55 bits per heavy atom. The van der Waals surface area contributed by atoms with Crippen LogP contribution >= 0.6 is 0 Å². The standard InChI is InChI=1S/C41H58N6O9/c1-6-7-11-27-14-16-28(17-15-27)29-18-20-30(21-19-29)36(50)45-31(12-8-9-24-43-40(55)56-41(3,4)5)38(52)46-32-22-23-34(48)42-25-10-13-33(39(53)54)47-35(49)26(2)44-37(32)51/h14-21,26,31-33H,6-13,22-25H2,1-5H3,(H,42,48)(H,43,55)(H,44,51)(H,45,50)(H,46,52)(H,47,49)(H,53,54)/t26-,31-,32-,33-/m0/s1. The Morgan fingerprint density at radius 1 is 0.893 bits per heavy atom. The molecule has 15 heteroatoms. The van der Waals surface area contributed by atoms with Gasteiger partial charge in [0, 0.05) is 25.1 Å². The fourth-order valence-corrected chi connectivity index (χ4v) is 5.92. The Kier molecular flexibility index (Phi) is 17.8. The van der Waals surface area contributed by atoms with E-state index in [0.717, 1.165) is 30.4 Å². The van der Waals surface area contributed by atoms with Gasteiger partial charge in [0.05, 0.1) is 0 Å². The van der Waals surface area contributed by atoms with Gasteiger partial charge in [-0.05, 0) is 108 Å². The normalized spacial score (nSPS) is 18.9. The van der Waals surface area contributed by atoms with Gasteiger partial charge in [0.2, 0.25) is 23.6 Å². The summed E-state index contributed by atoms with van der Waals surface area (Å²) < 4.78 is 5.27. The first-order chi connectivity index (χ1) is 26.6. The lowest BCUT2D eigenvalue weighted by molar-refractivity contribution is -0.142. The monoisotopic (exact) mass is 778 g/mol. The van der Waals surface area contributed by atoms with Crippen LogP contribution in [0, 0.1) is 0 Å². The maximum Gasteiger partial charge on any atom is 0.407 e. The molecule has 1 heterocycles. The molecule has 0 aromatic heterocycles. The number of carbonyl (C=O) groups excluding carboxylic acids is 6. The smallest absolute Gasteiger partial charge is 0.407 e. The highest BCUT2D eigenvalue weighted by molar-refractivity contribution is 5.99. The topological polar surface area (TPSA) is 221 Å². The van der Waals surface area contributed by atoms with Gasteiger partial charge in [-0.15, -0.1) is 0 Å². The molecule has 0 unspecified atom stereocenters. The average molecular weight is 779 g/mol. The molecule has 0 aliphatic carbocycles. The zero-order chi connectivity index (χ0) is 41.3. The number of unbranched alkanes of at least 4 members (excludes halogenated alkanes) is 2. The number of ether oxygens (including phenoxy) is 1. The molecule has 0 saturated carbocycles. The number of hydrogen-bond acceptors (Lipinski definition) is 8. The van der Waals surface area contributed by atoms with Gasteiger partial charge in [0.1, 0.15) is 29.8 Å². The summed E-state index contributed by atoms with van der Waals surface area (Å²) in [5.41, 5.74) is 2.81. The summed E-state index contributed by atoms with van der Waals surface area (Å²) in [6.07, 6.45) is 3.73. The third-order valence-electron chi connectivity index (χ3n) is 9.11. The van der Waals surface area contributed by atoms with Crippen LogP contribution in [0.2, 0.25) is 0 Å². The number of alkyl carbamates (subject to hydrolysis) is 1. The van der Waals surface area contributed by atoms with Crippen molar-refractivity contribution in [3.63, 3.8) is 0 Å². The molecule has 2 aromatic rings. The van der Waals surface area contributed by atoms with E-state index in [1.165, 1.54) is 12.5 Å². The number of hydrogen-bond donors (Lipinski definition) is 7. The summed E-state index contributed by atoms with van der Waals surface area (Å²) in [6.45, 7) is 9.19. The second-order valence-electron chi connectivity index (χ2n) is 15.1. The number of carboxylic acid groups (broad SMARTS) is 1. The fraction of sp³-hybridized carbons (Fsp3) is 0.537. The second kappa shape index (κ2) is 22.2. The molecule has 1 aliphatic rings. The van der Waals surface area contributed by atoms with Crippen molar-refractivity contribution in [2.75, 3.05) is 13.1 Å². The summed E-state index contributed by atoms with van der Waals surface area (Å²) in [6, 6.07) is 10.5. The summed E-state index contributed by atoms with van der Waals surface area (Å²) in [4.78, 5) is 90.1. The van der Waals surface area contributed by atoms with Crippen LogP contribution in [0.25, 0.3) is 11.1 Å². The number of benzene rings is 2. The fourth-order valence-electron chi connectivity index (χ4n) is 5.92. The van der Waals surface area contributed by atoms with Crippen LogP contribution < -0.4 is 31.9 Å². The minimum atomic E-state index is -1.28. The molecule has 0 spiro atoms. The zero-order valence-corrected chi connectivity index (χ0v) is 33.1. The van der Waals surface area contributed by atoms with Gasteiger partial charge in [0.15, 0.2) is 0 Å². The van der Waals surface area contributed by atoms with Gasteiger partial charge in [-0.3, -0.25) is 24.0 Å². The molecule has 15 nitrogen and oxygen atoms in total. The molecule has 56 heavy (non-hydrogen) atoms. The molecular formula is C41H58N6O9. The first kappa shape index (κ1) is 44.9. The van der Waals surface area contributed by atoms with Gasteiger partial charge >= 0.3 is 12.1 Å². The molecule has 1 fully saturated rings. The number of aliphatic carboxylic acids is 1. The Labute approximate surface area is 328 Å². The molecule has 0 radical (unpaired) electrons. The van der Waals surface area contributed by atoms with Crippen LogP contribution in [0.1, 0.15) is 108 Å². The summed E-state index contributed by atoms with van der Waals surface area (Å²) >= 11 is 0. The lowest BCUT2D eigenvalue weighted by Gasteiger charge is -2.25. The van der Waals surface area contributed by atoms with Crippen molar-refractivity contribution in [2.24, 2.45) is 0 Å². The van der Waals surface area contributed by atoms with Gasteiger partial charge in [-0.2, -0.15) is 0 Å². The third-order valence-corrected chi connectivity index (χ3v) is 9.11. The minimum Gasteiger partial charge on any atom is -0.480 e. The molecule has 1 saturated heterocycles. The Balaban J connectivity index is 1.76. The van der Waals surface area contributed by atoms with Crippen molar-refractivity contribution >= 4 is 41.6 Å². The largest absolute Gasteiger partial charge is 0.480 e. The average Bonchev–Trinajstić information content (AvgIpc) is 3.14. The first-order valence-electron chi connectivity index (χ1n) is 19.4. The van der Waals surface area contributed by atoms with E-state index in [4.69, 9.17) is 4.74 Å². The summed E-state index contributed by atoms with van der Waals surface area (Å²) in [7, 11) is 0. The highest BCUT2D eigenvalue weighted by Crippen LogP contribution is 2.21. The molecule has 4 atom stereocenters. The number of nitrogens with one attached hydrogen (secondary N) is 6. The SMILES string of the molecule is CCCCc1ccc(-c2ccc(C(=O)N[C@@H](CCCCNC(=O)OC(C)(C)C)C(=O)N[C@H]3CCC(=O)NCCC[C@@H](C(=O)O)NC(=O)[C@H](C)NC3=O)cc2)cc1. The Bertz CT molecular complexity index is 1660. The zero-order valence-electron chi connectivity index (χ0n) is 33.1. The summed E-state index contributed by atoms with van der Waals surface area (Å²) in [5, 5.41) is 25.2. The van der Waals surface area contributed by atoms with E-state index >= 15 is 0 Å². The van der Waals surface area contributed by atoms with Crippen molar-refractivity contribution in [3.8, 4) is 11.1 Å². The van der Waals surface area contributed by atoms with Crippen LogP contribution in [0.3, 0.4) is 0 Å². The van der Waals surface area contributed by atoms with Crippen LogP contribution in [-0.4, -0.2) is 89.6 Å². The first-order valence-corrected chi connectivity index (χ1v) is 19.4. The predicted octanol–water partition coefficient (Wildman–Crippen LogP) is 3.74. The number of aryl methyl sites for hydroxylation is 1. The number of carboxylic acids is 1. The molecular weight excluding hydrogens is 720 g/mol. The maximum atomic E-state index is 13.9. The quantitative estimate of drug-likeness (QED) is 0.139. The van der Waals surface area contributed by atoms with Crippen LogP contribution in [0.15, 0.2) is 48.5 Å². The van der Waals surface area contributed by atoms with E-state index in [1.54, 1.807) is 32.9 Å².